The van der Waals surface area contributed by atoms with Crippen LogP contribution in [-0.2, 0) is 45.9 Å². The number of benzene rings is 1. The standard InChI is InChI=1S/C12H18.C8H14.2CO.Cr/c1-4-10-7-11(5-2)9-12(6-3)8-10;1-3-5-7-8-6-4-2;2*1-2;/h7-9H,4-6H2,1-3H3;3-6H2,1-2H3;;;. The van der Waals surface area contributed by atoms with Gasteiger partial charge in [0.1, 0.15) is 0 Å². The molecule has 0 aromatic heterocycles. The van der Waals surface area contributed by atoms with Crippen molar-refractivity contribution < 1.29 is 26.7 Å². The molecule has 0 fully saturated rings. The minimum atomic E-state index is 0. The molecule has 0 saturated carbocycles. The third-order valence-electron chi connectivity index (χ3n) is 3.21. The molecule has 0 heterocycles. The first-order valence-corrected chi connectivity index (χ1v) is 8.69. The maximum Gasteiger partial charge on any atom is 0 e. The van der Waals surface area contributed by atoms with Gasteiger partial charge in [0.25, 0.3) is 0 Å². The van der Waals surface area contributed by atoms with Crippen LogP contribution in [0.4, 0.5) is 0 Å². The Hall–Kier alpha value is -1.21. The third kappa shape index (κ3) is 20.7. The van der Waals surface area contributed by atoms with E-state index in [1.54, 1.807) is 0 Å². The largest absolute Gasteiger partial charge is 0 e. The summed E-state index contributed by atoms with van der Waals surface area (Å²) in [5.41, 5.74) is 4.43. The first-order valence-electron chi connectivity index (χ1n) is 8.69. The van der Waals surface area contributed by atoms with Gasteiger partial charge in [-0.3, -0.25) is 0 Å². The van der Waals surface area contributed by atoms with E-state index in [1.807, 2.05) is 0 Å². The molecular weight excluding hydrogens is 348 g/mol. The second-order valence-corrected chi connectivity index (χ2v) is 5.07. The first kappa shape index (κ1) is 31.6. The van der Waals surface area contributed by atoms with Crippen molar-refractivity contribution in [2.24, 2.45) is 0 Å². The SMILES string of the molecule is CCCC#CCCC.CCc1cc(CC)cc(CC)c1.[C-]#[O+].[C-]#[O+].[Cr]. The van der Waals surface area contributed by atoms with E-state index in [0.717, 1.165) is 32.1 Å². The second-order valence-electron chi connectivity index (χ2n) is 5.07. The van der Waals surface area contributed by atoms with Crippen molar-refractivity contribution in [3.05, 3.63) is 48.2 Å². The first-order chi connectivity index (χ1) is 11.7. The van der Waals surface area contributed by atoms with Gasteiger partial charge in [-0.15, -0.1) is 11.8 Å². The Morgan fingerprint density at radius 3 is 1.04 bits per heavy atom. The van der Waals surface area contributed by atoms with Crippen molar-refractivity contribution in [2.75, 3.05) is 0 Å². The number of aryl methyl sites for hydroxylation is 3. The Morgan fingerprint density at radius 1 is 0.640 bits per heavy atom. The average Bonchev–Trinajstić information content (AvgIpc) is 2.68. The Bertz CT molecular complexity index is 422. The molecule has 1 aromatic rings. The molecule has 2 nitrogen and oxygen atoms in total. The molecule has 1 rings (SSSR count). The summed E-state index contributed by atoms with van der Waals surface area (Å²) in [4.78, 5) is 0. The fourth-order valence-electron chi connectivity index (χ4n) is 1.88. The summed E-state index contributed by atoms with van der Waals surface area (Å²) >= 11 is 0. The molecule has 0 aliphatic rings. The summed E-state index contributed by atoms with van der Waals surface area (Å²) < 4.78 is 15.0. The van der Waals surface area contributed by atoms with Crippen LogP contribution in [0.2, 0.25) is 0 Å². The molecule has 0 amide bonds. The predicted molar refractivity (Wildman–Crippen MR) is 100 cm³/mol. The molecule has 0 N–H and O–H groups in total. The van der Waals surface area contributed by atoms with E-state index >= 15 is 0 Å². The molecule has 0 atom stereocenters. The van der Waals surface area contributed by atoms with Crippen molar-refractivity contribution in [1.82, 2.24) is 0 Å². The van der Waals surface area contributed by atoms with Crippen molar-refractivity contribution in [2.45, 2.75) is 79.6 Å². The molecule has 0 spiro atoms. The van der Waals surface area contributed by atoms with Crippen LogP contribution in [-0.4, -0.2) is 0 Å². The third-order valence-corrected chi connectivity index (χ3v) is 3.21. The summed E-state index contributed by atoms with van der Waals surface area (Å²) in [5, 5.41) is 0. The monoisotopic (exact) mass is 380 g/mol. The number of hydrogen-bond donors (Lipinski definition) is 0. The van der Waals surface area contributed by atoms with E-state index in [4.69, 9.17) is 9.30 Å². The van der Waals surface area contributed by atoms with Crippen molar-refractivity contribution >= 4 is 0 Å². The van der Waals surface area contributed by atoms with Crippen LogP contribution in [0.25, 0.3) is 0 Å². The van der Waals surface area contributed by atoms with Gasteiger partial charge in [-0.1, -0.05) is 52.8 Å². The van der Waals surface area contributed by atoms with Crippen LogP contribution in [0.15, 0.2) is 18.2 Å². The van der Waals surface area contributed by atoms with Gasteiger partial charge in [-0.2, -0.15) is 0 Å². The van der Waals surface area contributed by atoms with Crippen LogP contribution in [0, 0.1) is 25.1 Å². The fourth-order valence-corrected chi connectivity index (χ4v) is 1.88. The van der Waals surface area contributed by atoms with Crippen molar-refractivity contribution in [3.8, 4) is 11.8 Å². The maximum atomic E-state index is 7.50. The molecule has 138 valence electrons. The quantitative estimate of drug-likeness (QED) is 0.347. The summed E-state index contributed by atoms with van der Waals surface area (Å²) in [6.45, 7) is 20.0. The summed E-state index contributed by atoms with van der Waals surface area (Å²) in [6, 6.07) is 6.96. The molecular formula is C22H32CrO2. The molecule has 0 unspecified atom stereocenters. The van der Waals surface area contributed by atoms with E-state index in [9.17, 15) is 0 Å². The van der Waals surface area contributed by atoms with E-state index in [0.29, 0.717) is 0 Å². The van der Waals surface area contributed by atoms with Crippen molar-refractivity contribution in [1.29, 1.82) is 0 Å². The van der Waals surface area contributed by atoms with Gasteiger partial charge in [-0.25, -0.2) is 0 Å². The minimum absolute atomic E-state index is 0. The normalized spacial score (nSPS) is 7.56. The Labute approximate surface area is 166 Å². The zero-order chi connectivity index (χ0) is 19.2. The van der Waals surface area contributed by atoms with Crippen LogP contribution >= 0.6 is 0 Å². The molecule has 0 aliphatic carbocycles. The smallest absolute Gasteiger partial charge is 0 e. The van der Waals surface area contributed by atoms with E-state index in [2.05, 4.69) is 78.0 Å². The molecule has 25 heavy (non-hydrogen) atoms. The van der Waals surface area contributed by atoms with Gasteiger partial charge in [-0.05, 0) is 48.8 Å². The van der Waals surface area contributed by atoms with E-state index in [1.165, 1.54) is 29.5 Å². The number of unbranched alkanes of at least 4 members (excludes halogenated alkanes) is 2. The number of rotatable bonds is 5. The van der Waals surface area contributed by atoms with Crippen LogP contribution < -0.4 is 0 Å². The molecule has 0 saturated heterocycles. The molecule has 1 aromatic carbocycles. The Kier molecular flexibility index (Phi) is 34.9. The molecule has 0 aliphatic heterocycles. The van der Waals surface area contributed by atoms with Gasteiger partial charge < -0.3 is 0 Å². The van der Waals surface area contributed by atoms with E-state index in [-0.39, 0.29) is 17.4 Å². The Balaban J connectivity index is -0.000000149. The van der Waals surface area contributed by atoms with Crippen molar-refractivity contribution in [3.63, 3.8) is 0 Å². The zero-order valence-corrected chi connectivity index (χ0v) is 17.7. The van der Waals surface area contributed by atoms with Gasteiger partial charge in [0.15, 0.2) is 0 Å². The predicted octanol–water partition coefficient (Wildman–Crippen LogP) is 5.89. The van der Waals surface area contributed by atoms with Gasteiger partial charge in [0.2, 0.25) is 0 Å². The summed E-state index contributed by atoms with van der Waals surface area (Å²) in [6.07, 6.45) is 7.98. The summed E-state index contributed by atoms with van der Waals surface area (Å²) in [7, 11) is 0. The molecule has 0 bridgehead atoms. The number of hydrogen-bond acceptors (Lipinski definition) is 0. The minimum Gasteiger partial charge on any atom is 0 e. The van der Waals surface area contributed by atoms with Crippen LogP contribution in [0.3, 0.4) is 0 Å². The molecule has 0 radical (unpaired) electrons. The van der Waals surface area contributed by atoms with Gasteiger partial charge in [0.05, 0.1) is 0 Å². The van der Waals surface area contributed by atoms with E-state index < -0.39 is 0 Å². The average molecular weight is 380 g/mol. The topological polar surface area (TPSA) is 39.8 Å². The Morgan fingerprint density at radius 2 is 0.880 bits per heavy atom. The summed E-state index contributed by atoms with van der Waals surface area (Å²) in [5.74, 6) is 6.17. The van der Waals surface area contributed by atoms with Crippen LogP contribution in [0.1, 0.15) is 77.0 Å². The zero-order valence-electron chi connectivity index (χ0n) is 16.4. The second kappa shape index (κ2) is 27.6. The molecule has 3 heteroatoms. The van der Waals surface area contributed by atoms with Gasteiger partial charge >= 0.3 is 22.6 Å². The maximum absolute atomic E-state index is 7.50. The van der Waals surface area contributed by atoms with Crippen LogP contribution in [0.5, 0.6) is 0 Å². The fraction of sp³-hybridized carbons (Fsp3) is 0.545. The van der Waals surface area contributed by atoms with Gasteiger partial charge in [0, 0.05) is 30.2 Å².